The highest BCUT2D eigenvalue weighted by Gasteiger charge is 2.05. The van der Waals surface area contributed by atoms with Crippen molar-refractivity contribution in [2.45, 2.75) is 33.3 Å². The molecule has 1 rings (SSSR count). The van der Waals surface area contributed by atoms with E-state index in [1.807, 2.05) is 6.92 Å². The van der Waals surface area contributed by atoms with Gasteiger partial charge in [-0.25, -0.2) is 9.18 Å². The van der Waals surface area contributed by atoms with Crippen molar-refractivity contribution in [2.24, 2.45) is 0 Å². The number of halogens is 1. The van der Waals surface area contributed by atoms with Gasteiger partial charge >= 0.3 is 6.09 Å². The average Bonchev–Trinajstić information content (AvgIpc) is 2.20. The third kappa shape index (κ3) is 4.85. The van der Waals surface area contributed by atoms with E-state index < -0.39 is 6.09 Å². The minimum absolute atomic E-state index is 0.123. The van der Waals surface area contributed by atoms with Crippen molar-refractivity contribution in [1.29, 1.82) is 0 Å². The Bertz CT molecular complexity index is 391. The van der Waals surface area contributed by atoms with Crippen molar-refractivity contribution in [3.05, 3.63) is 35.1 Å². The first-order chi connectivity index (χ1) is 7.99. The van der Waals surface area contributed by atoms with Crippen molar-refractivity contribution in [3.8, 4) is 0 Å². The van der Waals surface area contributed by atoms with Crippen molar-refractivity contribution in [3.63, 3.8) is 0 Å². The highest BCUT2D eigenvalue weighted by molar-refractivity contribution is 5.67. The fraction of sp³-hybridized carbons (Fsp3) is 0.462. The molecule has 1 aromatic rings. The zero-order valence-corrected chi connectivity index (χ0v) is 10.4. The predicted molar refractivity (Wildman–Crippen MR) is 64.5 cm³/mol. The predicted octanol–water partition coefficient (Wildman–Crippen LogP) is 2.81. The van der Waals surface area contributed by atoms with E-state index in [1.54, 1.807) is 19.9 Å². The highest BCUT2D eigenvalue weighted by Crippen LogP contribution is 2.10. The van der Waals surface area contributed by atoms with E-state index in [0.717, 1.165) is 11.1 Å². The van der Waals surface area contributed by atoms with Crippen LogP contribution in [0.15, 0.2) is 18.2 Å². The molecule has 0 fully saturated rings. The van der Waals surface area contributed by atoms with Crippen LogP contribution in [-0.4, -0.2) is 18.7 Å². The maximum absolute atomic E-state index is 12.9. The van der Waals surface area contributed by atoms with Gasteiger partial charge in [-0.1, -0.05) is 6.07 Å². The quantitative estimate of drug-likeness (QED) is 0.877. The van der Waals surface area contributed by atoms with Crippen LogP contribution in [0.4, 0.5) is 9.18 Å². The van der Waals surface area contributed by atoms with Gasteiger partial charge in [0.2, 0.25) is 0 Å². The summed E-state index contributed by atoms with van der Waals surface area (Å²) in [4.78, 5) is 11.2. The number of carbonyl (C=O) groups is 1. The van der Waals surface area contributed by atoms with Gasteiger partial charge in [0.1, 0.15) is 5.82 Å². The third-order valence-corrected chi connectivity index (χ3v) is 2.31. The van der Waals surface area contributed by atoms with E-state index in [-0.39, 0.29) is 11.9 Å². The molecule has 0 aliphatic rings. The summed E-state index contributed by atoms with van der Waals surface area (Å²) in [6.07, 6.45) is 0.126. The summed E-state index contributed by atoms with van der Waals surface area (Å²) in [5, 5.41) is 2.65. The van der Waals surface area contributed by atoms with E-state index in [0.29, 0.717) is 13.0 Å². The van der Waals surface area contributed by atoms with Crippen molar-refractivity contribution < 1.29 is 13.9 Å². The molecule has 0 heterocycles. The van der Waals surface area contributed by atoms with Crippen LogP contribution >= 0.6 is 0 Å². The van der Waals surface area contributed by atoms with Crippen LogP contribution in [0.25, 0.3) is 0 Å². The molecule has 0 saturated carbocycles. The summed E-state index contributed by atoms with van der Waals surface area (Å²) in [6.45, 7) is 5.93. The van der Waals surface area contributed by atoms with Gasteiger partial charge in [-0.05, 0) is 50.5 Å². The van der Waals surface area contributed by atoms with Crippen molar-refractivity contribution in [2.75, 3.05) is 6.54 Å². The number of ether oxygens (including phenoxy) is 1. The first kappa shape index (κ1) is 13.5. The minimum Gasteiger partial charge on any atom is -0.447 e. The Balaban J connectivity index is 2.38. The standard InChI is InChI=1S/C13H18FNO2/c1-9(2)17-13(16)15-7-6-11-4-5-12(14)8-10(11)3/h4-5,8-9H,6-7H2,1-3H3,(H,15,16). The van der Waals surface area contributed by atoms with Crippen molar-refractivity contribution in [1.82, 2.24) is 5.32 Å². The smallest absolute Gasteiger partial charge is 0.407 e. The van der Waals surface area contributed by atoms with Gasteiger partial charge < -0.3 is 10.1 Å². The van der Waals surface area contributed by atoms with Gasteiger partial charge in [0.25, 0.3) is 0 Å². The molecule has 1 N–H and O–H groups in total. The molecule has 1 amide bonds. The summed E-state index contributed by atoms with van der Waals surface area (Å²) in [7, 11) is 0. The summed E-state index contributed by atoms with van der Waals surface area (Å²) in [6, 6.07) is 4.65. The molecule has 0 radical (unpaired) electrons. The molecule has 3 nitrogen and oxygen atoms in total. The minimum atomic E-state index is -0.417. The highest BCUT2D eigenvalue weighted by atomic mass is 19.1. The summed E-state index contributed by atoms with van der Waals surface area (Å²) in [5.41, 5.74) is 1.92. The largest absolute Gasteiger partial charge is 0.447 e. The molecule has 4 heteroatoms. The molecule has 1 aromatic carbocycles. The Morgan fingerprint density at radius 3 is 2.76 bits per heavy atom. The second-order valence-electron chi connectivity index (χ2n) is 4.20. The van der Waals surface area contributed by atoms with Crippen LogP contribution < -0.4 is 5.32 Å². The van der Waals surface area contributed by atoms with Crippen LogP contribution in [0.2, 0.25) is 0 Å². The van der Waals surface area contributed by atoms with E-state index >= 15 is 0 Å². The van der Waals surface area contributed by atoms with E-state index in [2.05, 4.69) is 5.32 Å². The number of alkyl carbamates (subject to hydrolysis) is 1. The lowest BCUT2D eigenvalue weighted by Crippen LogP contribution is -2.28. The number of rotatable bonds is 4. The zero-order valence-electron chi connectivity index (χ0n) is 10.4. The summed E-state index contributed by atoms with van der Waals surface area (Å²) >= 11 is 0. The van der Waals surface area contributed by atoms with Gasteiger partial charge in [-0.15, -0.1) is 0 Å². The molecule has 0 atom stereocenters. The number of aryl methyl sites for hydroxylation is 1. The van der Waals surface area contributed by atoms with E-state index in [1.165, 1.54) is 12.1 Å². The van der Waals surface area contributed by atoms with Crippen LogP contribution in [0.1, 0.15) is 25.0 Å². The Morgan fingerprint density at radius 2 is 2.18 bits per heavy atom. The molecule has 0 aliphatic carbocycles. The third-order valence-electron chi connectivity index (χ3n) is 2.31. The number of nitrogens with one attached hydrogen (secondary N) is 1. The van der Waals surface area contributed by atoms with Crippen LogP contribution in [0, 0.1) is 12.7 Å². The molecule has 0 unspecified atom stereocenters. The summed E-state index contributed by atoms with van der Waals surface area (Å²) < 4.78 is 17.8. The maximum Gasteiger partial charge on any atom is 0.407 e. The number of benzene rings is 1. The van der Waals surface area contributed by atoms with Crippen LogP contribution in [-0.2, 0) is 11.2 Å². The lowest BCUT2D eigenvalue weighted by Gasteiger charge is -2.10. The molecule has 0 aliphatic heterocycles. The second-order valence-corrected chi connectivity index (χ2v) is 4.20. The molecule has 0 aromatic heterocycles. The molecule has 0 spiro atoms. The number of hydrogen-bond donors (Lipinski definition) is 1. The van der Waals surface area contributed by atoms with Gasteiger partial charge in [-0.2, -0.15) is 0 Å². The second kappa shape index (κ2) is 6.23. The first-order valence-electron chi connectivity index (χ1n) is 5.68. The van der Waals surface area contributed by atoms with Gasteiger partial charge in [0.15, 0.2) is 0 Å². The number of amides is 1. The molecule has 17 heavy (non-hydrogen) atoms. The van der Waals surface area contributed by atoms with E-state index in [9.17, 15) is 9.18 Å². The van der Waals surface area contributed by atoms with E-state index in [4.69, 9.17) is 4.74 Å². The van der Waals surface area contributed by atoms with Crippen LogP contribution in [0.5, 0.6) is 0 Å². The maximum atomic E-state index is 12.9. The fourth-order valence-corrected chi connectivity index (χ4v) is 1.49. The molecule has 94 valence electrons. The molecule has 0 bridgehead atoms. The summed E-state index contributed by atoms with van der Waals surface area (Å²) in [5.74, 6) is -0.238. The normalized spacial score (nSPS) is 10.4. The monoisotopic (exact) mass is 239 g/mol. The Hall–Kier alpha value is -1.58. The first-order valence-corrected chi connectivity index (χ1v) is 5.68. The molecular formula is C13H18FNO2. The van der Waals surface area contributed by atoms with Gasteiger partial charge in [0, 0.05) is 6.54 Å². The SMILES string of the molecule is Cc1cc(F)ccc1CCNC(=O)OC(C)C. The lowest BCUT2D eigenvalue weighted by atomic mass is 10.1. The number of carbonyl (C=O) groups excluding carboxylic acids is 1. The average molecular weight is 239 g/mol. The molecular weight excluding hydrogens is 221 g/mol. The fourth-order valence-electron chi connectivity index (χ4n) is 1.49. The lowest BCUT2D eigenvalue weighted by molar-refractivity contribution is 0.116. The number of hydrogen-bond acceptors (Lipinski definition) is 2. The van der Waals surface area contributed by atoms with Gasteiger partial charge in [-0.3, -0.25) is 0 Å². The topological polar surface area (TPSA) is 38.3 Å². The van der Waals surface area contributed by atoms with Crippen molar-refractivity contribution >= 4 is 6.09 Å². The van der Waals surface area contributed by atoms with Gasteiger partial charge in [0.05, 0.1) is 6.10 Å². The molecule has 0 saturated heterocycles. The zero-order chi connectivity index (χ0) is 12.8. The Kier molecular flexibility index (Phi) is 4.94. The van der Waals surface area contributed by atoms with Crippen LogP contribution in [0.3, 0.4) is 0 Å². The Morgan fingerprint density at radius 1 is 1.47 bits per heavy atom. The Labute approximate surface area is 101 Å².